The van der Waals surface area contributed by atoms with Gasteiger partial charge in [0.1, 0.15) is 0 Å². The van der Waals surface area contributed by atoms with E-state index < -0.39 is 0 Å². The fraction of sp³-hybridized carbons (Fsp3) is 0.500. The van der Waals surface area contributed by atoms with Gasteiger partial charge < -0.3 is 20.8 Å². The smallest absolute Gasteiger partial charge is 0.287 e. The molecule has 0 aliphatic carbocycles. The predicted octanol–water partition coefficient (Wildman–Crippen LogP) is 0.109. The average molecular weight is 253 g/mol. The largest absolute Gasteiger partial charge is 0.459 e. The lowest BCUT2D eigenvalue weighted by Crippen LogP contribution is -2.41. The van der Waals surface area contributed by atoms with Gasteiger partial charge >= 0.3 is 0 Å². The Kier molecular flexibility index (Phi) is 5.38. The van der Waals surface area contributed by atoms with E-state index in [1.54, 1.807) is 26.0 Å². The van der Waals surface area contributed by atoms with Crippen LogP contribution in [-0.4, -0.2) is 30.9 Å². The molecule has 6 heteroatoms. The van der Waals surface area contributed by atoms with Crippen molar-refractivity contribution in [1.82, 2.24) is 10.6 Å². The second-order valence-corrected chi connectivity index (χ2v) is 4.17. The van der Waals surface area contributed by atoms with Crippen molar-refractivity contribution in [2.24, 2.45) is 11.7 Å². The van der Waals surface area contributed by atoms with Crippen molar-refractivity contribution < 1.29 is 14.0 Å². The van der Waals surface area contributed by atoms with Crippen molar-refractivity contribution in [3.05, 3.63) is 24.2 Å². The summed E-state index contributed by atoms with van der Waals surface area (Å²) in [5.74, 6) is -0.400. The first-order valence-corrected chi connectivity index (χ1v) is 5.87. The van der Waals surface area contributed by atoms with Crippen LogP contribution >= 0.6 is 0 Å². The first-order chi connectivity index (χ1) is 8.52. The molecule has 0 saturated heterocycles. The molecular weight excluding hydrogens is 234 g/mol. The number of carbonyl (C=O) groups excluding carboxylic acids is 2. The molecule has 18 heavy (non-hydrogen) atoms. The molecule has 2 atom stereocenters. The number of rotatable bonds is 6. The summed E-state index contributed by atoms with van der Waals surface area (Å²) in [6, 6.07) is 3.02. The number of carbonyl (C=O) groups is 2. The molecule has 1 aromatic heterocycles. The fourth-order valence-electron chi connectivity index (χ4n) is 1.26. The van der Waals surface area contributed by atoms with Crippen LogP contribution in [0.4, 0.5) is 0 Å². The highest BCUT2D eigenvalue weighted by Crippen LogP contribution is 1.99. The second kappa shape index (κ2) is 6.80. The zero-order valence-electron chi connectivity index (χ0n) is 10.6. The van der Waals surface area contributed by atoms with Gasteiger partial charge in [-0.05, 0) is 19.1 Å². The third-order valence-electron chi connectivity index (χ3n) is 2.66. The van der Waals surface area contributed by atoms with Crippen molar-refractivity contribution in [2.75, 3.05) is 13.1 Å². The Hall–Kier alpha value is -1.82. The summed E-state index contributed by atoms with van der Waals surface area (Å²) in [5, 5.41) is 5.33. The number of amides is 2. The van der Waals surface area contributed by atoms with Crippen molar-refractivity contribution >= 4 is 11.8 Å². The molecule has 100 valence electrons. The Balaban J connectivity index is 2.19. The number of hydrogen-bond donors (Lipinski definition) is 3. The van der Waals surface area contributed by atoms with Gasteiger partial charge in [0.2, 0.25) is 5.91 Å². The van der Waals surface area contributed by atoms with E-state index >= 15 is 0 Å². The number of nitrogens with two attached hydrogens (primary N) is 1. The first-order valence-electron chi connectivity index (χ1n) is 5.87. The molecule has 0 bridgehead atoms. The third-order valence-corrected chi connectivity index (χ3v) is 2.66. The Labute approximate surface area is 106 Å². The van der Waals surface area contributed by atoms with E-state index in [2.05, 4.69) is 10.6 Å². The Morgan fingerprint density at radius 3 is 2.56 bits per heavy atom. The summed E-state index contributed by atoms with van der Waals surface area (Å²) in [7, 11) is 0. The standard InChI is InChI=1S/C12H19N3O3/c1-8(9(2)13)11(16)14-5-6-15-12(17)10-4-3-7-18-10/h3-4,7-9H,5-6,13H2,1-2H3,(H,14,16)(H,15,17). The molecule has 2 amide bonds. The predicted molar refractivity (Wildman–Crippen MR) is 66.9 cm³/mol. The van der Waals surface area contributed by atoms with Crippen molar-refractivity contribution in [2.45, 2.75) is 19.9 Å². The minimum atomic E-state index is -0.297. The summed E-state index contributed by atoms with van der Waals surface area (Å²) in [6.07, 6.45) is 1.43. The van der Waals surface area contributed by atoms with Crippen LogP contribution in [0.15, 0.2) is 22.8 Å². The van der Waals surface area contributed by atoms with E-state index in [0.717, 1.165) is 0 Å². The van der Waals surface area contributed by atoms with Gasteiger partial charge in [0.15, 0.2) is 5.76 Å². The maximum absolute atomic E-state index is 11.5. The molecule has 0 radical (unpaired) electrons. The maximum atomic E-state index is 11.5. The van der Waals surface area contributed by atoms with E-state index in [1.807, 2.05) is 0 Å². The highest BCUT2D eigenvalue weighted by Gasteiger charge is 2.16. The van der Waals surface area contributed by atoms with E-state index in [0.29, 0.717) is 13.1 Å². The first kappa shape index (κ1) is 14.2. The Morgan fingerprint density at radius 1 is 1.33 bits per heavy atom. The van der Waals surface area contributed by atoms with Gasteiger partial charge in [0.05, 0.1) is 6.26 Å². The molecule has 0 saturated carbocycles. The van der Waals surface area contributed by atoms with Gasteiger partial charge in [-0.2, -0.15) is 0 Å². The average Bonchev–Trinajstić information content (AvgIpc) is 2.86. The number of hydrogen-bond acceptors (Lipinski definition) is 4. The molecule has 0 fully saturated rings. The summed E-state index contributed by atoms with van der Waals surface area (Å²) in [4.78, 5) is 23.0. The molecule has 1 aromatic rings. The normalized spacial score (nSPS) is 13.7. The molecule has 0 aliphatic rings. The van der Waals surface area contributed by atoms with Crippen molar-refractivity contribution in [3.8, 4) is 0 Å². The maximum Gasteiger partial charge on any atom is 0.287 e. The zero-order chi connectivity index (χ0) is 13.5. The molecular formula is C12H19N3O3. The molecule has 1 rings (SSSR count). The zero-order valence-corrected chi connectivity index (χ0v) is 10.6. The second-order valence-electron chi connectivity index (χ2n) is 4.17. The van der Waals surface area contributed by atoms with Crippen LogP contribution in [-0.2, 0) is 4.79 Å². The lowest BCUT2D eigenvalue weighted by Gasteiger charge is -2.15. The summed E-state index contributed by atoms with van der Waals surface area (Å²) < 4.78 is 4.93. The highest BCUT2D eigenvalue weighted by molar-refractivity contribution is 5.91. The van der Waals surface area contributed by atoms with Crippen LogP contribution in [0, 0.1) is 5.92 Å². The molecule has 1 heterocycles. The number of nitrogens with one attached hydrogen (secondary N) is 2. The quantitative estimate of drug-likeness (QED) is 0.627. The van der Waals surface area contributed by atoms with E-state index in [1.165, 1.54) is 6.26 Å². The van der Waals surface area contributed by atoms with E-state index in [9.17, 15) is 9.59 Å². The summed E-state index contributed by atoms with van der Waals surface area (Å²) in [6.45, 7) is 4.25. The van der Waals surface area contributed by atoms with E-state index in [4.69, 9.17) is 10.2 Å². The van der Waals surface area contributed by atoms with Crippen LogP contribution in [0.1, 0.15) is 24.4 Å². The van der Waals surface area contributed by atoms with Crippen LogP contribution in [0.25, 0.3) is 0 Å². The lowest BCUT2D eigenvalue weighted by molar-refractivity contribution is -0.124. The van der Waals surface area contributed by atoms with Gasteiger partial charge in [-0.1, -0.05) is 6.92 Å². The molecule has 4 N–H and O–H groups in total. The van der Waals surface area contributed by atoms with Crippen LogP contribution < -0.4 is 16.4 Å². The molecule has 2 unspecified atom stereocenters. The minimum Gasteiger partial charge on any atom is -0.459 e. The van der Waals surface area contributed by atoms with Gasteiger partial charge in [-0.3, -0.25) is 9.59 Å². The van der Waals surface area contributed by atoms with Gasteiger partial charge in [-0.25, -0.2) is 0 Å². The summed E-state index contributed by atoms with van der Waals surface area (Å²) in [5.41, 5.74) is 5.61. The van der Waals surface area contributed by atoms with Crippen LogP contribution in [0.3, 0.4) is 0 Å². The van der Waals surface area contributed by atoms with Crippen LogP contribution in [0.2, 0.25) is 0 Å². The highest BCUT2D eigenvalue weighted by atomic mass is 16.3. The van der Waals surface area contributed by atoms with E-state index in [-0.39, 0.29) is 29.5 Å². The van der Waals surface area contributed by atoms with Crippen molar-refractivity contribution in [1.29, 1.82) is 0 Å². The van der Waals surface area contributed by atoms with Gasteiger partial charge in [0, 0.05) is 25.0 Å². The third kappa shape index (κ3) is 4.21. The van der Waals surface area contributed by atoms with Gasteiger partial charge in [-0.15, -0.1) is 0 Å². The minimum absolute atomic E-state index is 0.114. The summed E-state index contributed by atoms with van der Waals surface area (Å²) >= 11 is 0. The molecule has 0 aliphatic heterocycles. The lowest BCUT2D eigenvalue weighted by atomic mass is 10.0. The van der Waals surface area contributed by atoms with Crippen LogP contribution in [0.5, 0.6) is 0 Å². The monoisotopic (exact) mass is 253 g/mol. The van der Waals surface area contributed by atoms with Gasteiger partial charge in [0.25, 0.3) is 5.91 Å². The Bertz CT molecular complexity index is 387. The Morgan fingerprint density at radius 2 is 2.00 bits per heavy atom. The molecule has 0 aromatic carbocycles. The van der Waals surface area contributed by atoms with Crippen molar-refractivity contribution in [3.63, 3.8) is 0 Å². The topological polar surface area (TPSA) is 97.4 Å². The SMILES string of the molecule is CC(N)C(C)C(=O)NCCNC(=O)c1ccco1. The number of furan rings is 1. The molecule has 6 nitrogen and oxygen atoms in total. The fourth-order valence-corrected chi connectivity index (χ4v) is 1.26. The molecule has 0 spiro atoms.